The lowest BCUT2D eigenvalue weighted by atomic mass is 10.1. The third kappa shape index (κ3) is 2.92. The van der Waals surface area contributed by atoms with Crippen molar-refractivity contribution in [1.29, 1.82) is 0 Å². The Hall–Kier alpha value is -1.09. The summed E-state index contributed by atoms with van der Waals surface area (Å²) in [6, 6.07) is 7.22. The van der Waals surface area contributed by atoms with Crippen LogP contribution >= 0.6 is 0 Å². The lowest BCUT2D eigenvalue weighted by Crippen LogP contribution is -2.32. The molecule has 2 aliphatic rings. The highest BCUT2D eigenvalue weighted by Crippen LogP contribution is 2.39. The van der Waals surface area contributed by atoms with Gasteiger partial charge in [-0.15, -0.1) is 0 Å². The molecule has 0 radical (unpaired) electrons. The summed E-state index contributed by atoms with van der Waals surface area (Å²) in [6.45, 7) is 7.63. The molecule has 2 atom stereocenters. The van der Waals surface area contributed by atoms with Gasteiger partial charge in [0.25, 0.3) is 0 Å². The summed E-state index contributed by atoms with van der Waals surface area (Å²) in [5.41, 5.74) is 1.17. The molecule has 1 aliphatic carbocycles. The molecule has 104 valence electrons. The first-order valence-corrected chi connectivity index (χ1v) is 7.65. The van der Waals surface area contributed by atoms with Crippen molar-refractivity contribution in [2.75, 3.05) is 18.0 Å². The monoisotopic (exact) mass is 259 g/mol. The molecule has 2 heterocycles. The van der Waals surface area contributed by atoms with E-state index in [9.17, 15) is 0 Å². The fourth-order valence-corrected chi connectivity index (χ4v) is 3.42. The highest BCUT2D eigenvalue weighted by Gasteiger charge is 2.38. The lowest BCUT2D eigenvalue weighted by Gasteiger charge is -2.28. The Morgan fingerprint density at radius 1 is 1.37 bits per heavy atom. The number of aromatic nitrogens is 1. The molecule has 3 nitrogen and oxygen atoms in total. The molecule has 1 N–H and O–H groups in total. The number of fused-ring (bicyclic) bond motifs is 2. The van der Waals surface area contributed by atoms with Gasteiger partial charge in [-0.05, 0) is 49.8 Å². The van der Waals surface area contributed by atoms with Gasteiger partial charge in [0.05, 0.1) is 5.69 Å². The average Bonchev–Trinajstić information content (AvgIpc) is 3.01. The van der Waals surface area contributed by atoms with Gasteiger partial charge in [0.1, 0.15) is 5.82 Å². The van der Waals surface area contributed by atoms with E-state index in [1.807, 2.05) is 0 Å². The van der Waals surface area contributed by atoms with Crippen LogP contribution in [0.4, 0.5) is 5.82 Å². The third-order valence-corrected chi connectivity index (χ3v) is 4.35. The second-order valence-corrected chi connectivity index (χ2v) is 6.50. The van der Waals surface area contributed by atoms with E-state index in [1.165, 1.54) is 37.3 Å². The lowest BCUT2D eigenvalue weighted by molar-refractivity contribution is 0.542. The molecule has 1 saturated carbocycles. The molecular formula is C16H25N3. The zero-order chi connectivity index (χ0) is 13.2. The van der Waals surface area contributed by atoms with Crippen molar-refractivity contribution in [3.8, 4) is 0 Å². The number of anilines is 1. The van der Waals surface area contributed by atoms with E-state index in [2.05, 4.69) is 42.3 Å². The smallest absolute Gasteiger partial charge is 0.129 e. The predicted octanol–water partition coefficient (Wildman–Crippen LogP) is 2.82. The van der Waals surface area contributed by atoms with Gasteiger partial charge in [-0.25, -0.2) is 4.98 Å². The van der Waals surface area contributed by atoms with Crippen LogP contribution in [-0.2, 0) is 6.54 Å². The van der Waals surface area contributed by atoms with Crippen LogP contribution in [0.3, 0.4) is 0 Å². The molecule has 0 amide bonds. The minimum atomic E-state index is 0.692. The van der Waals surface area contributed by atoms with Crippen LogP contribution in [0.2, 0.25) is 0 Å². The molecule has 2 fully saturated rings. The fraction of sp³-hybridized carbons (Fsp3) is 0.688. The third-order valence-electron chi connectivity index (χ3n) is 4.35. The van der Waals surface area contributed by atoms with Crippen molar-refractivity contribution in [2.24, 2.45) is 11.8 Å². The Morgan fingerprint density at radius 3 is 2.95 bits per heavy atom. The SMILES string of the molecule is CC(C)CNCc1cccc(N2CC3CCC2C3)n1. The van der Waals surface area contributed by atoms with Gasteiger partial charge >= 0.3 is 0 Å². The van der Waals surface area contributed by atoms with Crippen LogP contribution in [0, 0.1) is 11.8 Å². The molecule has 1 aromatic rings. The Kier molecular flexibility index (Phi) is 3.74. The van der Waals surface area contributed by atoms with Crippen LogP contribution < -0.4 is 10.2 Å². The van der Waals surface area contributed by atoms with Gasteiger partial charge < -0.3 is 10.2 Å². The van der Waals surface area contributed by atoms with E-state index in [-0.39, 0.29) is 0 Å². The molecule has 1 aromatic heterocycles. The molecule has 19 heavy (non-hydrogen) atoms. The van der Waals surface area contributed by atoms with E-state index in [0.29, 0.717) is 5.92 Å². The van der Waals surface area contributed by atoms with Crippen LogP contribution in [0.5, 0.6) is 0 Å². The maximum Gasteiger partial charge on any atom is 0.129 e. The molecule has 1 aliphatic heterocycles. The van der Waals surface area contributed by atoms with Crippen molar-refractivity contribution >= 4 is 5.82 Å². The van der Waals surface area contributed by atoms with Crippen LogP contribution in [0.1, 0.15) is 38.8 Å². The maximum absolute atomic E-state index is 4.83. The maximum atomic E-state index is 4.83. The van der Waals surface area contributed by atoms with E-state index in [1.54, 1.807) is 0 Å². The van der Waals surface area contributed by atoms with E-state index in [4.69, 9.17) is 4.98 Å². The van der Waals surface area contributed by atoms with Crippen molar-refractivity contribution in [3.63, 3.8) is 0 Å². The number of pyridine rings is 1. The van der Waals surface area contributed by atoms with Gasteiger partial charge in [-0.1, -0.05) is 19.9 Å². The summed E-state index contributed by atoms with van der Waals surface area (Å²) >= 11 is 0. The van der Waals surface area contributed by atoms with Gasteiger partial charge in [-0.3, -0.25) is 0 Å². The summed E-state index contributed by atoms with van der Waals surface area (Å²) < 4.78 is 0. The number of hydrogen-bond acceptors (Lipinski definition) is 3. The van der Waals surface area contributed by atoms with Crippen molar-refractivity contribution in [3.05, 3.63) is 23.9 Å². The van der Waals surface area contributed by atoms with Gasteiger partial charge in [0.2, 0.25) is 0 Å². The molecule has 3 rings (SSSR count). The molecule has 3 heteroatoms. The van der Waals surface area contributed by atoms with Crippen LogP contribution in [0.15, 0.2) is 18.2 Å². The molecule has 0 aromatic carbocycles. The summed E-state index contributed by atoms with van der Waals surface area (Å²) in [6.07, 6.45) is 4.18. The minimum Gasteiger partial charge on any atom is -0.353 e. The number of nitrogens with one attached hydrogen (secondary N) is 1. The van der Waals surface area contributed by atoms with Gasteiger partial charge in [-0.2, -0.15) is 0 Å². The summed E-state index contributed by atoms with van der Waals surface area (Å²) in [4.78, 5) is 7.36. The molecule has 2 bridgehead atoms. The van der Waals surface area contributed by atoms with Gasteiger partial charge in [0.15, 0.2) is 0 Å². The summed E-state index contributed by atoms with van der Waals surface area (Å²) in [5.74, 6) is 2.81. The Balaban J connectivity index is 1.63. The summed E-state index contributed by atoms with van der Waals surface area (Å²) in [5, 5.41) is 3.47. The van der Waals surface area contributed by atoms with E-state index >= 15 is 0 Å². The second kappa shape index (κ2) is 5.49. The Labute approximate surface area is 116 Å². The highest BCUT2D eigenvalue weighted by atomic mass is 15.2. The zero-order valence-corrected chi connectivity index (χ0v) is 12.1. The normalized spacial score (nSPS) is 25.5. The predicted molar refractivity (Wildman–Crippen MR) is 79.3 cm³/mol. The van der Waals surface area contributed by atoms with Crippen LogP contribution in [0.25, 0.3) is 0 Å². The van der Waals surface area contributed by atoms with E-state index < -0.39 is 0 Å². The molecule has 1 saturated heterocycles. The number of nitrogens with zero attached hydrogens (tertiary/aromatic N) is 2. The van der Waals surface area contributed by atoms with Crippen molar-refractivity contribution < 1.29 is 0 Å². The molecule has 0 spiro atoms. The average molecular weight is 259 g/mol. The second-order valence-electron chi connectivity index (χ2n) is 6.50. The molecule has 2 unspecified atom stereocenters. The quantitative estimate of drug-likeness (QED) is 0.881. The first-order chi connectivity index (χ1) is 9.22. The van der Waals surface area contributed by atoms with E-state index in [0.717, 1.165) is 25.0 Å². The summed E-state index contributed by atoms with van der Waals surface area (Å²) in [7, 11) is 0. The Morgan fingerprint density at radius 2 is 2.26 bits per heavy atom. The first-order valence-electron chi connectivity index (χ1n) is 7.65. The molecular weight excluding hydrogens is 234 g/mol. The minimum absolute atomic E-state index is 0.692. The van der Waals surface area contributed by atoms with Gasteiger partial charge in [0, 0.05) is 19.1 Å². The Bertz CT molecular complexity index is 430. The largest absolute Gasteiger partial charge is 0.353 e. The number of rotatable bonds is 5. The standard InChI is InChI=1S/C16H25N3/c1-12(2)9-17-10-14-4-3-5-16(18-14)19-11-13-6-7-15(19)8-13/h3-5,12-13,15,17H,6-11H2,1-2H3. The highest BCUT2D eigenvalue weighted by molar-refractivity contribution is 5.43. The first kappa shape index (κ1) is 12.9. The van der Waals surface area contributed by atoms with Crippen LogP contribution in [-0.4, -0.2) is 24.1 Å². The number of piperidine rings is 1. The zero-order valence-electron chi connectivity index (χ0n) is 12.1. The van der Waals surface area contributed by atoms with Crippen molar-refractivity contribution in [1.82, 2.24) is 10.3 Å². The topological polar surface area (TPSA) is 28.2 Å². The van der Waals surface area contributed by atoms with Crippen molar-refractivity contribution in [2.45, 2.75) is 45.7 Å². The number of hydrogen-bond donors (Lipinski definition) is 1. The fourth-order valence-electron chi connectivity index (χ4n) is 3.42.